The molecule has 0 bridgehead atoms. The second kappa shape index (κ2) is 6.66. The Labute approximate surface area is 117 Å². The first-order valence-corrected chi connectivity index (χ1v) is 6.35. The van der Waals surface area contributed by atoms with Crippen molar-refractivity contribution in [1.29, 1.82) is 0 Å². The number of nitrogens with one attached hydrogen (secondary N) is 2. The molecule has 5 heteroatoms. The molecule has 0 saturated carbocycles. The summed E-state index contributed by atoms with van der Waals surface area (Å²) >= 11 is 11.8. The Hall–Kier alpha value is -1.19. The van der Waals surface area contributed by atoms with Gasteiger partial charge in [-0.3, -0.25) is 0 Å². The first-order chi connectivity index (χ1) is 8.41. The lowest BCUT2D eigenvalue weighted by molar-refractivity contribution is 0.255. The van der Waals surface area contributed by atoms with Gasteiger partial charge in [-0.1, -0.05) is 48.7 Å². The van der Waals surface area contributed by atoms with Crippen LogP contribution in [0.2, 0.25) is 10.0 Å². The van der Waals surface area contributed by atoms with Gasteiger partial charge in [-0.2, -0.15) is 0 Å². The number of amides is 2. The maximum absolute atomic E-state index is 11.6. The zero-order chi connectivity index (χ0) is 13.7. The van der Waals surface area contributed by atoms with Gasteiger partial charge in [-0.15, -0.1) is 0 Å². The molecule has 1 aromatic rings. The van der Waals surface area contributed by atoms with Crippen LogP contribution in [0.1, 0.15) is 20.8 Å². The molecule has 1 rings (SSSR count). The maximum atomic E-state index is 11.6. The molecule has 0 saturated heterocycles. The molecular weight excluding hydrogens is 271 g/mol. The molecule has 0 aliphatic heterocycles. The number of benzene rings is 1. The largest absolute Gasteiger partial charge is 0.323 e. The van der Waals surface area contributed by atoms with Gasteiger partial charge in [0, 0.05) is 6.20 Å². The van der Waals surface area contributed by atoms with Gasteiger partial charge < -0.3 is 10.6 Å². The SMILES string of the molecule is C/C(=C\NC(=O)Nc1cccc(Cl)c1Cl)C(C)C. The Morgan fingerprint density at radius 2 is 2.00 bits per heavy atom. The predicted octanol–water partition coefficient (Wildman–Crippen LogP) is 4.67. The number of rotatable bonds is 3. The number of urea groups is 1. The highest BCUT2D eigenvalue weighted by Crippen LogP contribution is 2.29. The maximum Gasteiger partial charge on any atom is 0.323 e. The Morgan fingerprint density at radius 3 is 2.61 bits per heavy atom. The second-order valence-electron chi connectivity index (χ2n) is 4.24. The van der Waals surface area contributed by atoms with Gasteiger partial charge in [0.25, 0.3) is 0 Å². The smallest absolute Gasteiger partial charge is 0.314 e. The molecule has 0 aliphatic carbocycles. The molecule has 1 aromatic carbocycles. The van der Waals surface area contributed by atoms with Gasteiger partial charge in [0.1, 0.15) is 0 Å². The fraction of sp³-hybridized carbons (Fsp3) is 0.308. The highest BCUT2D eigenvalue weighted by atomic mass is 35.5. The second-order valence-corrected chi connectivity index (χ2v) is 5.03. The minimum Gasteiger partial charge on any atom is -0.314 e. The van der Waals surface area contributed by atoms with Crippen molar-refractivity contribution in [2.45, 2.75) is 20.8 Å². The Kier molecular flexibility index (Phi) is 5.51. The van der Waals surface area contributed by atoms with Crippen LogP contribution in [0.4, 0.5) is 10.5 Å². The number of carbonyl (C=O) groups is 1. The molecule has 0 unspecified atom stereocenters. The highest BCUT2D eigenvalue weighted by Gasteiger charge is 2.07. The average Bonchev–Trinajstić information content (AvgIpc) is 2.32. The molecular formula is C13H16Cl2N2O. The standard InChI is InChI=1S/C13H16Cl2N2O/c1-8(2)9(3)7-16-13(18)17-11-6-4-5-10(14)12(11)15/h4-8H,1-3H3,(H2,16,17,18)/b9-7+. The molecule has 18 heavy (non-hydrogen) atoms. The fourth-order valence-electron chi connectivity index (χ4n) is 1.10. The van der Waals surface area contributed by atoms with E-state index in [-0.39, 0.29) is 6.03 Å². The van der Waals surface area contributed by atoms with Crippen LogP contribution >= 0.6 is 23.2 Å². The zero-order valence-corrected chi connectivity index (χ0v) is 12.1. The Morgan fingerprint density at radius 1 is 1.33 bits per heavy atom. The fourth-order valence-corrected chi connectivity index (χ4v) is 1.45. The zero-order valence-electron chi connectivity index (χ0n) is 10.6. The lowest BCUT2D eigenvalue weighted by Gasteiger charge is -2.09. The van der Waals surface area contributed by atoms with Crippen molar-refractivity contribution in [1.82, 2.24) is 5.32 Å². The lowest BCUT2D eigenvalue weighted by Crippen LogP contribution is -2.24. The van der Waals surface area contributed by atoms with Crippen molar-refractivity contribution < 1.29 is 4.79 Å². The van der Waals surface area contributed by atoms with E-state index in [1.165, 1.54) is 0 Å². The van der Waals surface area contributed by atoms with Crippen molar-refractivity contribution in [3.05, 3.63) is 40.0 Å². The third-order valence-electron chi connectivity index (χ3n) is 2.54. The summed E-state index contributed by atoms with van der Waals surface area (Å²) in [7, 11) is 0. The molecule has 3 nitrogen and oxygen atoms in total. The van der Waals surface area contributed by atoms with E-state index in [1.807, 2.05) is 6.92 Å². The van der Waals surface area contributed by atoms with E-state index in [0.717, 1.165) is 5.57 Å². The van der Waals surface area contributed by atoms with Crippen LogP contribution in [0.15, 0.2) is 30.0 Å². The summed E-state index contributed by atoms with van der Waals surface area (Å²) in [6, 6.07) is 4.72. The van der Waals surface area contributed by atoms with Crippen molar-refractivity contribution in [3.63, 3.8) is 0 Å². The van der Waals surface area contributed by atoms with Gasteiger partial charge in [-0.25, -0.2) is 4.79 Å². The van der Waals surface area contributed by atoms with E-state index in [9.17, 15) is 4.79 Å². The number of anilines is 1. The third kappa shape index (κ3) is 4.24. The average molecular weight is 287 g/mol. The van der Waals surface area contributed by atoms with Gasteiger partial charge >= 0.3 is 6.03 Å². The number of hydrogen-bond donors (Lipinski definition) is 2. The number of hydrogen-bond acceptors (Lipinski definition) is 1. The predicted molar refractivity (Wildman–Crippen MR) is 77.2 cm³/mol. The lowest BCUT2D eigenvalue weighted by atomic mass is 10.1. The summed E-state index contributed by atoms with van der Waals surface area (Å²) < 4.78 is 0. The van der Waals surface area contributed by atoms with E-state index < -0.39 is 0 Å². The molecule has 0 radical (unpaired) electrons. The topological polar surface area (TPSA) is 41.1 Å². The molecule has 2 amide bonds. The molecule has 0 fully saturated rings. The van der Waals surface area contributed by atoms with Crippen molar-refractivity contribution in [3.8, 4) is 0 Å². The minimum absolute atomic E-state index is 0.332. The monoisotopic (exact) mass is 286 g/mol. The van der Waals surface area contributed by atoms with E-state index in [0.29, 0.717) is 21.7 Å². The normalized spacial score (nSPS) is 11.6. The van der Waals surface area contributed by atoms with E-state index in [4.69, 9.17) is 23.2 Å². The molecule has 0 heterocycles. The molecule has 0 atom stereocenters. The first kappa shape index (κ1) is 14.9. The molecule has 98 valence electrons. The van der Waals surface area contributed by atoms with Crippen LogP contribution in [0.25, 0.3) is 0 Å². The van der Waals surface area contributed by atoms with E-state index in [1.54, 1.807) is 24.4 Å². The minimum atomic E-state index is -0.348. The first-order valence-electron chi connectivity index (χ1n) is 5.60. The van der Waals surface area contributed by atoms with Gasteiger partial charge in [0.15, 0.2) is 0 Å². The summed E-state index contributed by atoms with van der Waals surface area (Å²) in [6.07, 6.45) is 1.68. The molecule has 0 spiro atoms. The van der Waals surface area contributed by atoms with Crippen LogP contribution < -0.4 is 10.6 Å². The number of allylic oxidation sites excluding steroid dienone is 1. The van der Waals surface area contributed by atoms with Gasteiger partial charge in [0.2, 0.25) is 0 Å². The molecule has 0 aromatic heterocycles. The molecule has 0 aliphatic rings. The summed E-state index contributed by atoms with van der Waals surface area (Å²) in [5.41, 5.74) is 1.57. The van der Waals surface area contributed by atoms with Gasteiger partial charge in [-0.05, 0) is 25.0 Å². The van der Waals surface area contributed by atoms with Crippen LogP contribution in [0, 0.1) is 5.92 Å². The quantitative estimate of drug-likeness (QED) is 0.833. The summed E-state index contributed by atoms with van der Waals surface area (Å²) in [5, 5.41) is 6.02. The molecule has 2 N–H and O–H groups in total. The van der Waals surface area contributed by atoms with Crippen LogP contribution in [-0.4, -0.2) is 6.03 Å². The number of carbonyl (C=O) groups excluding carboxylic acids is 1. The summed E-state index contributed by atoms with van der Waals surface area (Å²) in [4.78, 5) is 11.6. The van der Waals surface area contributed by atoms with Gasteiger partial charge in [0.05, 0.1) is 15.7 Å². The third-order valence-corrected chi connectivity index (χ3v) is 3.36. The van der Waals surface area contributed by atoms with Crippen LogP contribution in [0.5, 0.6) is 0 Å². The van der Waals surface area contributed by atoms with Crippen molar-refractivity contribution in [2.75, 3.05) is 5.32 Å². The number of halogens is 2. The van der Waals surface area contributed by atoms with E-state index >= 15 is 0 Å². The van der Waals surface area contributed by atoms with Crippen molar-refractivity contribution in [2.24, 2.45) is 5.92 Å². The summed E-state index contributed by atoms with van der Waals surface area (Å²) in [6.45, 7) is 6.07. The Balaban J connectivity index is 2.66. The Bertz CT molecular complexity index is 470. The van der Waals surface area contributed by atoms with Crippen LogP contribution in [-0.2, 0) is 0 Å². The summed E-state index contributed by atoms with van der Waals surface area (Å²) in [5.74, 6) is 0.389. The van der Waals surface area contributed by atoms with Crippen molar-refractivity contribution >= 4 is 34.9 Å². The van der Waals surface area contributed by atoms with E-state index in [2.05, 4.69) is 24.5 Å². The van der Waals surface area contributed by atoms with Crippen LogP contribution in [0.3, 0.4) is 0 Å². The highest BCUT2D eigenvalue weighted by molar-refractivity contribution is 6.43.